The number of ether oxygens (including phenoxy) is 1. The average molecular weight is 362 g/mol. The number of benzene rings is 2. The van der Waals surface area contributed by atoms with Crippen molar-refractivity contribution in [2.45, 2.75) is 0 Å². The third-order valence-electron chi connectivity index (χ3n) is 3.00. The van der Waals surface area contributed by atoms with Gasteiger partial charge in [-0.1, -0.05) is 18.2 Å². The fraction of sp³-hybridized carbons (Fsp3) is 0.0625. The van der Waals surface area contributed by atoms with Crippen LogP contribution in [-0.4, -0.2) is 17.2 Å². The number of para-hydroxylation sites is 1. The molecule has 3 nitrogen and oxygen atoms in total. The van der Waals surface area contributed by atoms with Crippen LogP contribution in [0, 0.1) is 0 Å². The SMILES string of the molecule is COc1cc(C=Cc2nc3ccccc3s2)cc(Br)c1O. The monoisotopic (exact) mass is 361 g/mol. The van der Waals surface area contributed by atoms with Gasteiger partial charge in [-0.25, -0.2) is 4.98 Å². The molecule has 106 valence electrons. The van der Waals surface area contributed by atoms with Crippen LogP contribution in [0.1, 0.15) is 10.6 Å². The van der Waals surface area contributed by atoms with Crippen molar-refractivity contribution in [3.05, 3.63) is 51.4 Å². The molecule has 1 heterocycles. The second-order valence-corrected chi connectivity index (χ2v) is 6.32. The lowest BCUT2D eigenvalue weighted by atomic mass is 10.2. The van der Waals surface area contributed by atoms with E-state index in [2.05, 4.69) is 27.0 Å². The molecule has 5 heteroatoms. The molecule has 3 rings (SSSR count). The van der Waals surface area contributed by atoms with Gasteiger partial charge in [0.2, 0.25) is 0 Å². The van der Waals surface area contributed by atoms with Crippen LogP contribution in [0.15, 0.2) is 40.9 Å². The molecule has 0 atom stereocenters. The maximum Gasteiger partial charge on any atom is 0.172 e. The molecule has 0 aliphatic rings. The zero-order valence-corrected chi connectivity index (χ0v) is 13.6. The van der Waals surface area contributed by atoms with Crippen molar-refractivity contribution in [3.63, 3.8) is 0 Å². The number of hydrogen-bond donors (Lipinski definition) is 1. The Morgan fingerprint density at radius 1 is 1.24 bits per heavy atom. The van der Waals surface area contributed by atoms with Gasteiger partial charge in [-0.15, -0.1) is 11.3 Å². The number of nitrogens with zero attached hydrogens (tertiary/aromatic N) is 1. The van der Waals surface area contributed by atoms with Gasteiger partial charge >= 0.3 is 0 Å². The largest absolute Gasteiger partial charge is 0.503 e. The van der Waals surface area contributed by atoms with Crippen molar-refractivity contribution < 1.29 is 9.84 Å². The lowest BCUT2D eigenvalue weighted by Gasteiger charge is -2.06. The van der Waals surface area contributed by atoms with E-state index in [1.54, 1.807) is 17.4 Å². The van der Waals surface area contributed by atoms with Crippen molar-refractivity contribution in [1.82, 2.24) is 4.98 Å². The Morgan fingerprint density at radius 3 is 2.81 bits per heavy atom. The minimum atomic E-state index is 0.106. The van der Waals surface area contributed by atoms with Gasteiger partial charge in [0.15, 0.2) is 11.5 Å². The quantitative estimate of drug-likeness (QED) is 0.717. The number of fused-ring (bicyclic) bond motifs is 1. The van der Waals surface area contributed by atoms with Crippen molar-refractivity contribution in [1.29, 1.82) is 0 Å². The van der Waals surface area contributed by atoms with E-state index in [0.29, 0.717) is 10.2 Å². The predicted octanol–water partition coefficient (Wildman–Crippen LogP) is 4.94. The molecule has 0 radical (unpaired) electrons. The Kier molecular flexibility index (Phi) is 3.94. The van der Waals surface area contributed by atoms with Gasteiger partial charge in [0.25, 0.3) is 0 Å². The van der Waals surface area contributed by atoms with E-state index in [-0.39, 0.29) is 5.75 Å². The molecule has 0 saturated heterocycles. The summed E-state index contributed by atoms with van der Waals surface area (Å²) in [5.74, 6) is 0.544. The van der Waals surface area contributed by atoms with Crippen LogP contribution < -0.4 is 4.74 Å². The summed E-state index contributed by atoms with van der Waals surface area (Å²) < 4.78 is 6.91. The topological polar surface area (TPSA) is 42.4 Å². The van der Waals surface area contributed by atoms with Gasteiger partial charge in [0.1, 0.15) is 5.01 Å². The Bertz CT molecular complexity index is 793. The number of halogens is 1. The number of methoxy groups -OCH3 is 1. The first-order valence-corrected chi connectivity index (χ1v) is 7.88. The van der Waals surface area contributed by atoms with Crippen LogP contribution in [0.4, 0.5) is 0 Å². The summed E-state index contributed by atoms with van der Waals surface area (Å²) in [4.78, 5) is 4.55. The number of phenols is 1. The normalized spacial score (nSPS) is 11.3. The Hall–Kier alpha value is -1.85. The summed E-state index contributed by atoms with van der Waals surface area (Å²) in [6.07, 6.45) is 3.91. The smallest absolute Gasteiger partial charge is 0.172 e. The molecule has 0 saturated carbocycles. The molecule has 0 fully saturated rings. The fourth-order valence-corrected chi connectivity index (χ4v) is 3.30. The van der Waals surface area contributed by atoms with Gasteiger partial charge in [0, 0.05) is 0 Å². The highest BCUT2D eigenvalue weighted by atomic mass is 79.9. The van der Waals surface area contributed by atoms with Crippen LogP contribution in [0.25, 0.3) is 22.4 Å². The third kappa shape index (κ3) is 2.94. The Morgan fingerprint density at radius 2 is 2.05 bits per heavy atom. The summed E-state index contributed by atoms with van der Waals surface area (Å²) in [6, 6.07) is 11.7. The first-order chi connectivity index (χ1) is 10.2. The molecule has 0 aliphatic heterocycles. The average Bonchev–Trinajstić information content (AvgIpc) is 2.91. The Balaban J connectivity index is 1.93. The molecule has 0 amide bonds. The van der Waals surface area contributed by atoms with Gasteiger partial charge in [-0.05, 0) is 51.8 Å². The molecule has 0 spiro atoms. The molecular formula is C16H12BrNO2S. The van der Waals surface area contributed by atoms with E-state index in [4.69, 9.17) is 4.74 Å². The molecule has 3 aromatic rings. The molecule has 21 heavy (non-hydrogen) atoms. The van der Waals surface area contributed by atoms with E-state index in [1.807, 2.05) is 36.4 Å². The lowest BCUT2D eigenvalue weighted by Crippen LogP contribution is -1.85. The minimum Gasteiger partial charge on any atom is -0.503 e. The minimum absolute atomic E-state index is 0.106. The van der Waals surface area contributed by atoms with Gasteiger partial charge in [0.05, 0.1) is 21.8 Å². The predicted molar refractivity (Wildman–Crippen MR) is 90.9 cm³/mol. The first-order valence-electron chi connectivity index (χ1n) is 6.27. The fourth-order valence-electron chi connectivity index (χ4n) is 1.97. The summed E-state index contributed by atoms with van der Waals surface area (Å²) in [7, 11) is 1.53. The third-order valence-corrected chi connectivity index (χ3v) is 4.61. The molecule has 0 bridgehead atoms. The van der Waals surface area contributed by atoms with Gasteiger partial charge < -0.3 is 9.84 Å². The van der Waals surface area contributed by atoms with Gasteiger partial charge in [-0.3, -0.25) is 0 Å². The van der Waals surface area contributed by atoms with Crippen LogP contribution in [0.5, 0.6) is 11.5 Å². The summed E-state index contributed by atoms with van der Waals surface area (Å²) in [6.45, 7) is 0. The summed E-state index contributed by atoms with van der Waals surface area (Å²) in [5.41, 5.74) is 1.93. The zero-order valence-electron chi connectivity index (χ0n) is 11.2. The number of aromatic hydroxyl groups is 1. The highest BCUT2D eigenvalue weighted by molar-refractivity contribution is 9.10. The van der Waals surface area contributed by atoms with E-state index in [0.717, 1.165) is 16.1 Å². The molecule has 0 aliphatic carbocycles. The molecule has 1 N–H and O–H groups in total. The standard InChI is InChI=1S/C16H12BrNO2S/c1-20-13-9-10(8-11(17)16(13)19)6-7-15-18-12-4-2-3-5-14(12)21-15/h2-9,19H,1H3. The van der Waals surface area contributed by atoms with E-state index < -0.39 is 0 Å². The van der Waals surface area contributed by atoms with Crippen molar-refractivity contribution in [2.24, 2.45) is 0 Å². The van der Waals surface area contributed by atoms with E-state index in [9.17, 15) is 5.11 Å². The van der Waals surface area contributed by atoms with Crippen molar-refractivity contribution in [2.75, 3.05) is 7.11 Å². The number of aromatic nitrogens is 1. The lowest BCUT2D eigenvalue weighted by molar-refractivity contribution is 0.372. The number of phenolic OH excluding ortho intramolecular Hbond substituents is 1. The maximum absolute atomic E-state index is 9.80. The number of rotatable bonds is 3. The van der Waals surface area contributed by atoms with Crippen LogP contribution in [0.3, 0.4) is 0 Å². The number of hydrogen-bond acceptors (Lipinski definition) is 4. The maximum atomic E-state index is 9.80. The summed E-state index contributed by atoms with van der Waals surface area (Å²) in [5, 5.41) is 10.7. The second kappa shape index (κ2) is 5.87. The van der Waals surface area contributed by atoms with Crippen LogP contribution in [-0.2, 0) is 0 Å². The van der Waals surface area contributed by atoms with Crippen molar-refractivity contribution >= 4 is 49.6 Å². The highest BCUT2D eigenvalue weighted by Crippen LogP contribution is 2.35. The second-order valence-electron chi connectivity index (χ2n) is 4.41. The van der Waals surface area contributed by atoms with E-state index in [1.165, 1.54) is 11.8 Å². The van der Waals surface area contributed by atoms with Crippen LogP contribution in [0.2, 0.25) is 0 Å². The van der Waals surface area contributed by atoms with Crippen molar-refractivity contribution in [3.8, 4) is 11.5 Å². The Labute approximate surface area is 134 Å². The summed E-state index contributed by atoms with van der Waals surface area (Å²) >= 11 is 4.96. The first kappa shape index (κ1) is 14.1. The molecule has 1 aromatic heterocycles. The van der Waals surface area contributed by atoms with Crippen LogP contribution >= 0.6 is 27.3 Å². The molecule has 0 unspecified atom stereocenters. The molecular weight excluding hydrogens is 350 g/mol. The van der Waals surface area contributed by atoms with E-state index >= 15 is 0 Å². The molecule has 2 aromatic carbocycles. The zero-order chi connectivity index (χ0) is 14.8. The highest BCUT2D eigenvalue weighted by Gasteiger charge is 2.07. The van der Waals surface area contributed by atoms with Gasteiger partial charge in [-0.2, -0.15) is 0 Å². The number of thiazole rings is 1.